The standard InChI is InChI=1S/C30H36FNO/c1-7-9-20(3)17-30(33)29(8-2)32-19-25(12-11-23(32)6)26-14-10-21(4)16-27(26)24-13-15-28(31)22(5)18-24/h8,10-15,17-19,21,23H,7,9,16H2,1-6H3/b20-17-,29-8-. The van der Waals surface area contributed by atoms with Gasteiger partial charge in [0.05, 0.1) is 5.70 Å². The van der Waals surface area contributed by atoms with Crippen molar-refractivity contribution in [3.05, 3.63) is 100 Å². The third-order valence-corrected chi connectivity index (χ3v) is 6.36. The number of carbonyl (C=O) groups is 1. The third-order valence-electron chi connectivity index (χ3n) is 6.36. The minimum Gasteiger partial charge on any atom is -0.338 e. The monoisotopic (exact) mass is 445 g/mol. The minimum atomic E-state index is -0.181. The highest BCUT2D eigenvalue weighted by molar-refractivity contribution is 6.04. The second-order valence-corrected chi connectivity index (χ2v) is 9.27. The zero-order valence-corrected chi connectivity index (χ0v) is 20.8. The number of aryl methyl sites for hydroxylation is 1. The number of nitrogens with zero attached hydrogens (tertiary/aromatic N) is 1. The van der Waals surface area contributed by atoms with Crippen LogP contribution in [0.3, 0.4) is 0 Å². The van der Waals surface area contributed by atoms with E-state index in [1.54, 1.807) is 12.1 Å². The molecule has 2 aliphatic rings. The van der Waals surface area contributed by atoms with Gasteiger partial charge in [0.15, 0.2) is 0 Å². The first-order valence-electron chi connectivity index (χ1n) is 12.0. The van der Waals surface area contributed by atoms with Gasteiger partial charge in [-0.25, -0.2) is 4.39 Å². The van der Waals surface area contributed by atoms with Crippen molar-refractivity contribution >= 4 is 11.4 Å². The van der Waals surface area contributed by atoms with E-state index in [0.29, 0.717) is 17.2 Å². The normalized spacial score (nSPS) is 21.5. The molecule has 0 saturated heterocycles. The lowest BCUT2D eigenvalue weighted by Gasteiger charge is -2.32. The SMILES string of the molecule is C/C=C(/C(=O)/C=C(/C)CCC)N1C=C(C2=C(c3ccc(F)c(C)c3)CC(C)C=C2)C=CC1C. The smallest absolute Gasteiger partial charge is 0.201 e. The maximum Gasteiger partial charge on any atom is 0.201 e. The molecular weight excluding hydrogens is 409 g/mol. The van der Waals surface area contributed by atoms with Gasteiger partial charge in [-0.2, -0.15) is 0 Å². The lowest BCUT2D eigenvalue weighted by molar-refractivity contribution is -0.112. The molecule has 0 radical (unpaired) electrons. The van der Waals surface area contributed by atoms with Gasteiger partial charge in [0.1, 0.15) is 5.82 Å². The summed E-state index contributed by atoms with van der Waals surface area (Å²) < 4.78 is 13.9. The fourth-order valence-corrected chi connectivity index (χ4v) is 4.51. The average Bonchev–Trinajstić information content (AvgIpc) is 2.77. The van der Waals surface area contributed by atoms with Crippen LogP contribution in [0.15, 0.2) is 83.3 Å². The summed E-state index contributed by atoms with van der Waals surface area (Å²) in [5.74, 6) is 0.272. The van der Waals surface area contributed by atoms with Crippen LogP contribution in [0.25, 0.3) is 5.57 Å². The van der Waals surface area contributed by atoms with Crippen molar-refractivity contribution < 1.29 is 9.18 Å². The number of rotatable bonds is 7. The predicted octanol–water partition coefficient (Wildman–Crippen LogP) is 7.85. The number of hydrogen-bond donors (Lipinski definition) is 0. The van der Waals surface area contributed by atoms with E-state index in [-0.39, 0.29) is 17.6 Å². The van der Waals surface area contributed by atoms with Crippen molar-refractivity contribution in [3.63, 3.8) is 0 Å². The van der Waals surface area contributed by atoms with E-state index in [1.165, 1.54) is 5.57 Å². The number of hydrogen-bond acceptors (Lipinski definition) is 2. The molecule has 0 bridgehead atoms. The number of halogens is 1. The average molecular weight is 446 g/mol. The predicted molar refractivity (Wildman–Crippen MR) is 137 cm³/mol. The summed E-state index contributed by atoms with van der Waals surface area (Å²) in [5.41, 5.74) is 6.91. The second kappa shape index (κ2) is 10.8. The highest BCUT2D eigenvalue weighted by Crippen LogP contribution is 2.37. The molecule has 0 saturated carbocycles. The van der Waals surface area contributed by atoms with Crippen molar-refractivity contribution in [2.24, 2.45) is 5.92 Å². The minimum absolute atomic E-state index is 0.0392. The van der Waals surface area contributed by atoms with Gasteiger partial charge in [-0.05, 0) is 92.5 Å². The summed E-state index contributed by atoms with van der Waals surface area (Å²) in [4.78, 5) is 15.2. The van der Waals surface area contributed by atoms with E-state index in [1.807, 2.05) is 39.0 Å². The molecule has 0 spiro atoms. The van der Waals surface area contributed by atoms with Crippen molar-refractivity contribution in [2.45, 2.75) is 66.8 Å². The Kier molecular flexibility index (Phi) is 8.07. The second-order valence-electron chi connectivity index (χ2n) is 9.27. The Morgan fingerprint density at radius 1 is 1.21 bits per heavy atom. The maximum absolute atomic E-state index is 13.9. The van der Waals surface area contributed by atoms with Crippen LogP contribution in [0, 0.1) is 18.7 Å². The topological polar surface area (TPSA) is 20.3 Å². The largest absolute Gasteiger partial charge is 0.338 e. The highest BCUT2D eigenvalue weighted by Gasteiger charge is 2.24. The quantitative estimate of drug-likeness (QED) is 0.398. The molecule has 0 N–H and O–H groups in total. The van der Waals surface area contributed by atoms with Crippen LogP contribution in [0.1, 0.15) is 65.0 Å². The zero-order chi connectivity index (χ0) is 24.1. The Hall–Kier alpha value is -2.94. The fraction of sp³-hybridized carbons (Fsp3) is 0.367. The summed E-state index contributed by atoms with van der Waals surface area (Å²) in [6.07, 6.45) is 17.3. The molecule has 2 atom stereocenters. The van der Waals surface area contributed by atoms with Gasteiger partial charge in [-0.1, -0.05) is 62.3 Å². The summed E-state index contributed by atoms with van der Waals surface area (Å²) in [6, 6.07) is 5.44. The first kappa shape index (κ1) is 24.7. The van der Waals surface area contributed by atoms with E-state index in [4.69, 9.17) is 0 Å². The molecule has 2 unspecified atom stereocenters. The Morgan fingerprint density at radius 2 is 1.97 bits per heavy atom. The van der Waals surface area contributed by atoms with Gasteiger partial charge in [-0.3, -0.25) is 4.79 Å². The van der Waals surface area contributed by atoms with Crippen LogP contribution in [-0.4, -0.2) is 16.7 Å². The van der Waals surface area contributed by atoms with Crippen LogP contribution in [0.5, 0.6) is 0 Å². The van der Waals surface area contributed by atoms with Crippen LogP contribution in [0.4, 0.5) is 4.39 Å². The van der Waals surface area contributed by atoms with E-state index >= 15 is 0 Å². The van der Waals surface area contributed by atoms with E-state index in [0.717, 1.165) is 41.5 Å². The molecule has 3 rings (SSSR count). The summed E-state index contributed by atoms with van der Waals surface area (Å²) in [5, 5.41) is 0. The molecule has 0 amide bonds. The van der Waals surface area contributed by atoms with Crippen LogP contribution in [-0.2, 0) is 4.79 Å². The molecule has 1 aromatic rings. The lowest BCUT2D eigenvalue weighted by atomic mass is 9.83. The van der Waals surface area contributed by atoms with Crippen LogP contribution in [0.2, 0.25) is 0 Å². The van der Waals surface area contributed by atoms with E-state index in [2.05, 4.69) is 56.2 Å². The molecule has 2 nitrogen and oxygen atoms in total. The van der Waals surface area contributed by atoms with Crippen molar-refractivity contribution in [1.29, 1.82) is 0 Å². The summed E-state index contributed by atoms with van der Waals surface area (Å²) in [6.45, 7) is 12.2. The van der Waals surface area contributed by atoms with E-state index in [9.17, 15) is 9.18 Å². The first-order chi connectivity index (χ1) is 15.7. The van der Waals surface area contributed by atoms with Gasteiger partial charge in [0.25, 0.3) is 0 Å². The summed E-state index contributed by atoms with van der Waals surface area (Å²) in [7, 11) is 0. The van der Waals surface area contributed by atoms with Crippen LogP contribution >= 0.6 is 0 Å². The number of allylic oxidation sites excluding steroid dienone is 9. The number of benzene rings is 1. The molecule has 1 heterocycles. The lowest BCUT2D eigenvalue weighted by Crippen LogP contribution is -2.31. The zero-order valence-electron chi connectivity index (χ0n) is 20.8. The molecule has 0 aromatic heterocycles. The van der Waals surface area contributed by atoms with Crippen LogP contribution < -0.4 is 0 Å². The molecule has 33 heavy (non-hydrogen) atoms. The molecule has 0 fully saturated rings. The first-order valence-corrected chi connectivity index (χ1v) is 12.0. The molecular formula is C30H36FNO. The van der Waals surface area contributed by atoms with Gasteiger partial charge >= 0.3 is 0 Å². The maximum atomic E-state index is 13.9. The Bertz CT molecular complexity index is 1100. The molecule has 3 heteroatoms. The summed E-state index contributed by atoms with van der Waals surface area (Å²) >= 11 is 0. The number of ketones is 1. The van der Waals surface area contributed by atoms with Crippen molar-refractivity contribution in [2.75, 3.05) is 0 Å². The molecule has 1 aliphatic carbocycles. The molecule has 174 valence electrons. The van der Waals surface area contributed by atoms with Gasteiger partial charge < -0.3 is 4.90 Å². The fourth-order valence-electron chi connectivity index (χ4n) is 4.51. The Labute approximate surface area is 198 Å². The van der Waals surface area contributed by atoms with Gasteiger partial charge in [0, 0.05) is 12.2 Å². The Balaban J connectivity index is 2.04. The molecule has 1 aliphatic heterocycles. The Morgan fingerprint density at radius 3 is 2.64 bits per heavy atom. The van der Waals surface area contributed by atoms with Gasteiger partial charge in [0.2, 0.25) is 5.78 Å². The van der Waals surface area contributed by atoms with Crippen molar-refractivity contribution in [1.82, 2.24) is 4.90 Å². The van der Waals surface area contributed by atoms with E-state index < -0.39 is 0 Å². The highest BCUT2D eigenvalue weighted by atomic mass is 19.1. The third kappa shape index (κ3) is 5.71. The number of carbonyl (C=O) groups excluding carboxylic acids is 1. The van der Waals surface area contributed by atoms with Gasteiger partial charge in [-0.15, -0.1) is 0 Å². The molecule has 1 aromatic carbocycles. The van der Waals surface area contributed by atoms with Crippen molar-refractivity contribution in [3.8, 4) is 0 Å².